The Bertz CT molecular complexity index is 237. The van der Waals surface area contributed by atoms with Crippen LogP contribution in [0.5, 0.6) is 0 Å². The highest BCUT2D eigenvalue weighted by Crippen LogP contribution is 2.00. The van der Waals surface area contributed by atoms with E-state index in [9.17, 15) is 14.4 Å². The zero-order chi connectivity index (χ0) is 11.1. The molecule has 0 amide bonds. The standard InChI is InChI=1S/C9H15NO4/c1-6(11)4-7(10-2)5-8(12)9(13)14-3/h7,10H,4-5H2,1-3H3/t7-/m1/s1. The highest BCUT2D eigenvalue weighted by Gasteiger charge is 2.19. The molecule has 0 bridgehead atoms. The topological polar surface area (TPSA) is 72.5 Å². The maximum atomic E-state index is 11.1. The SMILES string of the molecule is CN[C@H](CC(C)=O)CC(=O)C(=O)OC. The van der Waals surface area contributed by atoms with E-state index >= 15 is 0 Å². The summed E-state index contributed by atoms with van der Waals surface area (Å²) in [4.78, 5) is 32.6. The predicted octanol–water partition coefficient (Wildman–Crippen LogP) is -0.314. The maximum absolute atomic E-state index is 11.1. The van der Waals surface area contributed by atoms with Crippen molar-refractivity contribution in [3.05, 3.63) is 0 Å². The third-order valence-corrected chi connectivity index (χ3v) is 1.79. The van der Waals surface area contributed by atoms with Crippen LogP contribution < -0.4 is 5.32 Å². The summed E-state index contributed by atoms with van der Waals surface area (Å²) in [6, 6.07) is -0.293. The summed E-state index contributed by atoms with van der Waals surface area (Å²) in [6.07, 6.45) is 0.224. The fourth-order valence-corrected chi connectivity index (χ4v) is 1.04. The molecular weight excluding hydrogens is 186 g/mol. The number of esters is 1. The number of carbonyl (C=O) groups excluding carboxylic acids is 3. The summed E-state index contributed by atoms with van der Waals surface area (Å²) in [5.74, 6) is -1.51. The van der Waals surface area contributed by atoms with Gasteiger partial charge in [-0.1, -0.05) is 0 Å². The Balaban J connectivity index is 4.11. The van der Waals surface area contributed by atoms with E-state index in [0.29, 0.717) is 0 Å². The largest absolute Gasteiger partial charge is 0.463 e. The van der Waals surface area contributed by atoms with Crippen LogP contribution in [-0.4, -0.2) is 37.7 Å². The minimum Gasteiger partial charge on any atom is -0.463 e. The first-order chi connectivity index (χ1) is 6.51. The van der Waals surface area contributed by atoms with Gasteiger partial charge in [0.2, 0.25) is 5.78 Å². The van der Waals surface area contributed by atoms with E-state index in [4.69, 9.17) is 0 Å². The van der Waals surface area contributed by atoms with Crippen molar-refractivity contribution in [1.29, 1.82) is 0 Å². The molecule has 0 aromatic carbocycles. The molecule has 80 valence electrons. The van der Waals surface area contributed by atoms with E-state index in [1.54, 1.807) is 7.05 Å². The van der Waals surface area contributed by atoms with Gasteiger partial charge in [0.15, 0.2) is 0 Å². The lowest BCUT2D eigenvalue weighted by molar-refractivity contribution is -0.151. The second-order valence-electron chi connectivity index (χ2n) is 3.01. The van der Waals surface area contributed by atoms with E-state index in [0.717, 1.165) is 7.11 Å². The molecule has 0 heterocycles. The van der Waals surface area contributed by atoms with Crippen LogP contribution in [0.25, 0.3) is 0 Å². The van der Waals surface area contributed by atoms with E-state index in [-0.39, 0.29) is 24.7 Å². The van der Waals surface area contributed by atoms with Gasteiger partial charge in [0.25, 0.3) is 0 Å². The molecule has 0 spiro atoms. The van der Waals surface area contributed by atoms with Crippen molar-refractivity contribution in [2.24, 2.45) is 0 Å². The second-order valence-corrected chi connectivity index (χ2v) is 3.01. The van der Waals surface area contributed by atoms with Gasteiger partial charge in [0.1, 0.15) is 5.78 Å². The lowest BCUT2D eigenvalue weighted by Gasteiger charge is -2.12. The molecule has 1 atom stereocenters. The molecule has 5 heteroatoms. The summed E-state index contributed by atoms with van der Waals surface area (Å²) in [7, 11) is 2.79. The Morgan fingerprint density at radius 2 is 1.86 bits per heavy atom. The Hall–Kier alpha value is -1.23. The van der Waals surface area contributed by atoms with Gasteiger partial charge in [-0.05, 0) is 14.0 Å². The van der Waals surface area contributed by atoms with Crippen LogP contribution in [0.4, 0.5) is 0 Å². The van der Waals surface area contributed by atoms with Gasteiger partial charge < -0.3 is 10.1 Å². The van der Waals surface area contributed by atoms with Crippen LogP contribution >= 0.6 is 0 Å². The van der Waals surface area contributed by atoms with Crippen LogP contribution in [0, 0.1) is 0 Å². The number of methoxy groups -OCH3 is 1. The van der Waals surface area contributed by atoms with Gasteiger partial charge in [-0.25, -0.2) is 4.79 Å². The average molecular weight is 201 g/mol. The van der Waals surface area contributed by atoms with Crippen molar-refractivity contribution in [3.8, 4) is 0 Å². The quantitative estimate of drug-likeness (QED) is 0.471. The lowest BCUT2D eigenvalue weighted by Crippen LogP contribution is -2.32. The molecule has 0 saturated heterocycles. The predicted molar refractivity (Wildman–Crippen MR) is 49.8 cm³/mol. The number of hydrogen-bond acceptors (Lipinski definition) is 5. The molecule has 0 aliphatic carbocycles. The van der Waals surface area contributed by atoms with E-state index < -0.39 is 11.8 Å². The number of nitrogens with one attached hydrogen (secondary N) is 1. The number of Topliss-reactive ketones (excluding diaryl/α,β-unsaturated/α-hetero) is 2. The van der Waals surface area contributed by atoms with Gasteiger partial charge in [-0.15, -0.1) is 0 Å². The molecule has 0 rings (SSSR count). The molecule has 5 nitrogen and oxygen atoms in total. The minimum absolute atomic E-state index is 0.0112. The monoisotopic (exact) mass is 201 g/mol. The first kappa shape index (κ1) is 12.8. The lowest BCUT2D eigenvalue weighted by atomic mass is 10.1. The molecule has 0 unspecified atom stereocenters. The highest BCUT2D eigenvalue weighted by molar-refractivity contribution is 6.33. The molecule has 1 N–H and O–H groups in total. The van der Waals surface area contributed by atoms with Gasteiger partial charge in [0.05, 0.1) is 7.11 Å². The van der Waals surface area contributed by atoms with Crippen molar-refractivity contribution in [3.63, 3.8) is 0 Å². The Kier molecular flexibility index (Phi) is 5.71. The zero-order valence-electron chi connectivity index (χ0n) is 8.62. The first-order valence-electron chi connectivity index (χ1n) is 4.29. The summed E-state index contributed by atoms with van der Waals surface area (Å²) in [5.41, 5.74) is 0. The number of rotatable bonds is 6. The first-order valence-corrected chi connectivity index (χ1v) is 4.29. The molecule has 0 saturated carbocycles. The van der Waals surface area contributed by atoms with Gasteiger partial charge in [-0.2, -0.15) is 0 Å². The third kappa shape index (κ3) is 4.71. The van der Waals surface area contributed by atoms with Gasteiger partial charge in [0, 0.05) is 18.9 Å². The molecule has 0 aliphatic rings. The molecule has 0 fully saturated rings. The summed E-state index contributed by atoms with van der Waals surface area (Å²) in [6.45, 7) is 1.44. The summed E-state index contributed by atoms with van der Waals surface area (Å²) >= 11 is 0. The minimum atomic E-state index is -0.867. The van der Waals surface area contributed by atoms with Crippen molar-refractivity contribution in [2.75, 3.05) is 14.2 Å². The summed E-state index contributed by atoms with van der Waals surface area (Å²) < 4.78 is 4.26. The molecule has 0 aromatic heterocycles. The van der Waals surface area contributed by atoms with Gasteiger partial charge in [-0.3, -0.25) is 9.59 Å². The molecule has 0 radical (unpaired) electrons. The van der Waals surface area contributed by atoms with Crippen molar-refractivity contribution in [1.82, 2.24) is 5.32 Å². The van der Waals surface area contributed by atoms with Crippen LogP contribution in [0.2, 0.25) is 0 Å². The normalized spacial score (nSPS) is 11.9. The van der Waals surface area contributed by atoms with Crippen molar-refractivity contribution in [2.45, 2.75) is 25.8 Å². The van der Waals surface area contributed by atoms with Crippen LogP contribution in [0.3, 0.4) is 0 Å². The molecule has 14 heavy (non-hydrogen) atoms. The smallest absolute Gasteiger partial charge is 0.374 e. The maximum Gasteiger partial charge on any atom is 0.374 e. The van der Waals surface area contributed by atoms with Crippen LogP contribution in [0.1, 0.15) is 19.8 Å². The van der Waals surface area contributed by atoms with E-state index in [1.807, 2.05) is 0 Å². The summed E-state index contributed by atoms with van der Waals surface area (Å²) in [5, 5.41) is 2.79. The van der Waals surface area contributed by atoms with Crippen molar-refractivity contribution < 1.29 is 19.1 Å². The third-order valence-electron chi connectivity index (χ3n) is 1.79. The number of ether oxygens (including phenoxy) is 1. The number of hydrogen-bond donors (Lipinski definition) is 1. The number of ketones is 2. The Labute approximate surface area is 82.8 Å². The fraction of sp³-hybridized carbons (Fsp3) is 0.667. The van der Waals surface area contributed by atoms with E-state index in [2.05, 4.69) is 10.1 Å². The van der Waals surface area contributed by atoms with Gasteiger partial charge >= 0.3 is 5.97 Å². The highest BCUT2D eigenvalue weighted by atomic mass is 16.5. The second kappa shape index (κ2) is 6.26. The average Bonchev–Trinajstić information content (AvgIpc) is 2.14. The van der Waals surface area contributed by atoms with Crippen LogP contribution in [-0.2, 0) is 19.1 Å². The zero-order valence-corrected chi connectivity index (χ0v) is 8.62. The number of carbonyl (C=O) groups is 3. The fourth-order valence-electron chi connectivity index (χ4n) is 1.04. The van der Waals surface area contributed by atoms with Crippen LogP contribution in [0.15, 0.2) is 0 Å². The van der Waals surface area contributed by atoms with E-state index in [1.165, 1.54) is 6.92 Å². The molecule has 0 aliphatic heterocycles. The molecule has 0 aromatic rings. The molecular formula is C9H15NO4. The Morgan fingerprint density at radius 3 is 2.21 bits per heavy atom. The van der Waals surface area contributed by atoms with Crippen molar-refractivity contribution >= 4 is 17.5 Å². The Morgan fingerprint density at radius 1 is 1.29 bits per heavy atom.